The minimum Gasteiger partial charge on any atom is -0.337 e. The number of hydrogen-bond donors (Lipinski definition) is 1. The lowest BCUT2D eigenvalue weighted by Crippen LogP contribution is -2.46. The summed E-state index contributed by atoms with van der Waals surface area (Å²) in [6, 6.07) is 5.71. The van der Waals surface area contributed by atoms with Crippen molar-refractivity contribution in [2.75, 3.05) is 20.1 Å². The average molecular weight is 368 g/mol. The van der Waals surface area contributed by atoms with Crippen LogP contribution in [0.5, 0.6) is 0 Å². The van der Waals surface area contributed by atoms with Gasteiger partial charge in [0.15, 0.2) is 0 Å². The van der Waals surface area contributed by atoms with Gasteiger partial charge in [0.2, 0.25) is 0 Å². The van der Waals surface area contributed by atoms with E-state index in [9.17, 15) is 4.79 Å². The molecule has 1 saturated heterocycles. The van der Waals surface area contributed by atoms with Crippen LogP contribution < -0.4 is 5.32 Å². The summed E-state index contributed by atoms with van der Waals surface area (Å²) in [5.41, 5.74) is 0.683. The number of piperidine rings is 1. The molecule has 1 amide bonds. The van der Waals surface area contributed by atoms with Crippen molar-refractivity contribution in [2.24, 2.45) is 0 Å². The van der Waals surface area contributed by atoms with E-state index in [0.29, 0.717) is 16.6 Å². The number of amides is 1. The maximum absolute atomic E-state index is 12.4. The summed E-state index contributed by atoms with van der Waals surface area (Å²) < 4.78 is 0.761. The zero-order valence-corrected chi connectivity index (χ0v) is 13.8. The number of halogens is 3. The predicted molar refractivity (Wildman–Crippen MR) is 84.4 cm³/mol. The minimum atomic E-state index is 0. The molecule has 0 aliphatic carbocycles. The second-order valence-corrected chi connectivity index (χ2v) is 5.77. The number of carbonyl (C=O) groups excluding carboxylic acids is 1. The van der Waals surface area contributed by atoms with Gasteiger partial charge < -0.3 is 10.2 Å². The van der Waals surface area contributed by atoms with Crippen molar-refractivity contribution in [3.63, 3.8) is 0 Å². The van der Waals surface area contributed by atoms with Gasteiger partial charge in [-0.1, -0.05) is 11.6 Å². The van der Waals surface area contributed by atoms with Crippen LogP contribution in [0.4, 0.5) is 0 Å². The lowest BCUT2D eigenvalue weighted by molar-refractivity contribution is 0.0698. The molecule has 0 aromatic heterocycles. The van der Waals surface area contributed by atoms with E-state index in [1.165, 1.54) is 0 Å². The van der Waals surface area contributed by atoms with E-state index in [-0.39, 0.29) is 18.3 Å². The maximum Gasteiger partial charge on any atom is 0.253 e. The van der Waals surface area contributed by atoms with Crippen molar-refractivity contribution in [3.8, 4) is 0 Å². The monoisotopic (exact) mass is 366 g/mol. The molecule has 1 aromatic carbocycles. The molecule has 1 atom stereocenters. The second kappa shape index (κ2) is 7.48. The normalized spacial score (nSPS) is 18.9. The van der Waals surface area contributed by atoms with E-state index in [4.69, 9.17) is 11.6 Å². The van der Waals surface area contributed by atoms with Gasteiger partial charge in [-0.05, 0) is 54.0 Å². The fourth-order valence-corrected chi connectivity index (χ4v) is 2.71. The number of benzene rings is 1. The first-order valence-electron chi connectivity index (χ1n) is 6.03. The summed E-state index contributed by atoms with van der Waals surface area (Å²) in [4.78, 5) is 14.3. The summed E-state index contributed by atoms with van der Waals surface area (Å²) in [6.45, 7) is 1.60. The minimum absolute atomic E-state index is 0. The van der Waals surface area contributed by atoms with E-state index in [1.54, 1.807) is 18.2 Å². The highest BCUT2D eigenvalue weighted by Crippen LogP contribution is 2.24. The predicted octanol–water partition coefficient (Wildman–Crippen LogP) is 3.35. The molecule has 106 valence electrons. The highest BCUT2D eigenvalue weighted by molar-refractivity contribution is 9.10. The number of carbonyl (C=O) groups is 1. The molecule has 1 aliphatic rings. The lowest BCUT2D eigenvalue weighted by atomic mass is 10.0. The topological polar surface area (TPSA) is 32.3 Å². The first-order valence-corrected chi connectivity index (χ1v) is 7.20. The Morgan fingerprint density at radius 3 is 2.89 bits per heavy atom. The fraction of sp³-hybridized carbons (Fsp3) is 0.462. The average Bonchev–Trinajstić information content (AvgIpc) is 2.41. The molecule has 1 fully saturated rings. The Morgan fingerprint density at radius 1 is 1.53 bits per heavy atom. The molecule has 1 N–H and O–H groups in total. The van der Waals surface area contributed by atoms with Crippen LogP contribution in [0.1, 0.15) is 23.2 Å². The summed E-state index contributed by atoms with van der Waals surface area (Å²) >= 11 is 9.28. The van der Waals surface area contributed by atoms with Crippen molar-refractivity contribution in [1.29, 1.82) is 0 Å². The van der Waals surface area contributed by atoms with Crippen LogP contribution in [0.3, 0.4) is 0 Å². The molecule has 0 saturated carbocycles. The Balaban J connectivity index is 0.00000180. The molecule has 0 radical (unpaired) electrons. The first-order chi connectivity index (χ1) is 8.61. The molecular weight excluding hydrogens is 351 g/mol. The van der Waals surface area contributed by atoms with Crippen LogP contribution in [0, 0.1) is 0 Å². The Hall–Kier alpha value is -0.290. The molecule has 2 rings (SSSR count). The van der Waals surface area contributed by atoms with Crippen LogP contribution in [-0.2, 0) is 0 Å². The third-order valence-electron chi connectivity index (χ3n) is 3.28. The molecule has 0 bridgehead atoms. The number of nitrogens with zero attached hydrogens (tertiary/aromatic N) is 1. The van der Waals surface area contributed by atoms with Crippen molar-refractivity contribution in [3.05, 3.63) is 33.3 Å². The van der Waals surface area contributed by atoms with E-state index < -0.39 is 0 Å². The van der Waals surface area contributed by atoms with Crippen molar-refractivity contribution in [1.82, 2.24) is 10.2 Å². The van der Waals surface area contributed by atoms with E-state index in [1.807, 2.05) is 11.9 Å². The Morgan fingerprint density at radius 2 is 2.26 bits per heavy atom. The van der Waals surface area contributed by atoms with Gasteiger partial charge in [-0.2, -0.15) is 0 Å². The summed E-state index contributed by atoms with van der Waals surface area (Å²) in [5.74, 6) is 0.0762. The third kappa shape index (κ3) is 4.09. The van der Waals surface area contributed by atoms with E-state index >= 15 is 0 Å². The van der Waals surface area contributed by atoms with Gasteiger partial charge in [0.1, 0.15) is 0 Å². The largest absolute Gasteiger partial charge is 0.337 e. The molecular formula is C13H17BrCl2N2O. The molecule has 6 heteroatoms. The molecule has 1 unspecified atom stereocenters. The van der Waals surface area contributed by atoms with Crippen LogP contribution in [0.2, 0.25) is 5.02 Å². The molecule has 19 heavy (non-hydrogen) atoms. The quantitative estimate of drug-likeness (QED) is 0.869. The lowest BCUT2D eigenvalue weighted by Gasteiger charge is -2.32. The Labute approximate surface area is 133 Å². The number of hydrogen-bond acceptors (Lipinski definition) is 2. The van der Waals surface area contributed by atoms with Gasteiger partial charge in [-0.25, -0.2) is 0 Å². The zero-order valence-electron chi connectivity index (χ0n) is 10.7. The van der Waals surface area contributed by atoms with Crippen molar-refractivity contribution < 1.29 is 4.79 Å². The van der Waals surface area contributed by atoms with Crippen LogP contribution in [0.25, 0.3) is 0 Å². The molecule has 0 spiro atoms. The van der Waals surface area contributed by atoms with Gasteiger partial charge in [0.05, 0.1) is 5.02 Å². The van der Waals surface area contributed by atoms with Gasteiger partial charge in [0, 0.05) is 29.2 Å². The standard InChI is InChI=1S/C13H16BrClN2O.ClH/c1-16-10-3-2-6-17(8-10)13(18)9-4-5-12(15)11(14)7-9;/h4-5,7,10,16H,2-3,6,8H2,1H3;1H. The van der Waals surface area contributed by atoms with E-state index in [0.717, 1.165) is 30.4 Å². The third-order valence-corrected chi connectivity index (χ3v) is 4.50. The Bertz CT molecular complexity index is 456. The number of likely N-dealkylation sites (tertiary alicyclic amines) is 1. The number of likely N-dealkylation sites (N-methyl/N-ethyl adjacent to an activating group) is 1. The summed E-state index contributed by atoms with van der Waals surface area (Å²) in [7, 11) is 1.94. The van der Waals surface area contributed by atoms with Crippen LogP contribution >= 0.6 is 39.9 Å². The van der Waals surface area contributed by atoms with Gasteiger partial charge in [0.25, 0.3) is 5.91 Å². The summed E-state index contributed by atoms with van der Waals surface area (Å²) in [6.07, 6.45) is 2.18. The molecule has 3 nitrogen and oxygen atoms in total. The van der Waals surface area contributed by atoms with Crippen LogP contribution in [-0.4, -0.2) is 37.0 Å². The molecule has 1 aliphatic heterocycles. The SMILES string of the molecule is CNC1CCCN(C(=O)c2ccc(Cl)c(Br)c2)C1.Cl. The number of nitrogens with one attached hydrogen (secondary N) is 1. The fourth-order valence-electron chi connectivity index (χ4n) is 2.21. The van der Waals surface area contributed by atoms with Crippen molar-refractivity contribution >= 4 is 45.8 Å². The number of rotatable bonds is 2. The smallest absolute Gasteiger partial charge is 0.253 e. The van der Waals surface area contributed by atoms with Gasteiger partial charge in [-0.15, -0.1) is 12.4 Å². The highest BCUT2D eigenvalue weighted by Gasteiger charge is 2.23. The van der Waals surface area contributed by atoms with Gasteiger partial charge in [-0.3, -0.25) is 4.79 Å². The second-order valence-electron chi connectivity index (χ2n) is 4.51. The summed E-state index contributed by atoms with van der Waals surface area (Å²) in [5, 5.41) is 3.86. The maximum atomic E-state index is 12.4. The van der Waals surface area contributed by atoms with Gasteiger partial charge >= 0.3 is 0 Å². The molecule has 1 aromatic rings. The van der Waals surface area contributed by atoms with E-state index in [2.05, 4.69) is 21.2 Å². The highest BCUT2D eigenvalue weighted by atomic mass is 79.9. The zero-order chi connectivity index (χ0) is 13.1. The van der Waals surface area contributed by atoms with Crippen LogP contribution in [0.15, 0.2) is 22.7 Å². The Kier molecular flexibility index (Phi) is 6.60. The first kappa shape index (κ1) is 16.8. The van der Waals surface area contributed by atoms with Crippen molar-refractivity contribution in [2.45, 2.75) is 18.9 Å². The molecule has 1 heterocycles.